The molecule has 0 spiro atoms. The van der Waals surface area contributed by atoms with Gasteiger partial charge in [0.05, 0.1) is 12.2 Å². The van der Waals surface area contributed by atoms with Gasteiger partial charge in [0.1, 0.15) is 0 Å². The van der Waals surface area contributed by atoms with E-state index in [9.17, 15) is 14.4 Å². The van der Waals surface area contributed by atoms with Gasteiger partial charge in [-0.15, -0.1) is 0 Å². The molecule has 0 aliphatic heterocycles. The molecule has 0 heterocycles. The highest BCUT2D eigenvalue weighted by atomic mass is 35.5. The number of rotatable bonds is 4. The largest absolute Gasteiger partial charge is 0.462 e. The molecular weight excluding hydrogens is 316 g/mol. The average Bonchev–Trinajstić information content (AvgIpc) is 2.84. The fraction of sp³-hybridized carbons (Fsp3) is 0.167. The zero-order chi connectivity index (χ0) is 16.6. The molecule has 0 N–H and O–H groups in total. The Morgan fingerprint density at radius 2 is 1.52 bits per heavy atom. The molecule has 3 rings (SSSR count). The number of esters is 1. The third-order valence-electron chi connectivity index (χ3n) is 3.72. The Kier molecular flexibility index (Phi) is 4.01. The van der Waals surface area contributed by atoms with E-state index in [0.29, 0.717) is 23.3 Å². The fourth-order valence-corrected chi connectivity index (χ4v) is 2.72. The predicted molar refractivity (Wildman–Crippen MR) is 86.1 cm³/mol. The number of fused-ring (bicyclic) bond motifs is 3. The number of hydrogen-bond acceptors (Lipinski definition) is 4. The summed E-state index contributed by atoms with van der Waals surface area (Å²) in [6.45, 7) is 2.25. The van der Waals surface area contributed by atoms with Crippen LogP contribution in [0.5, 0.6) is 0 Å². The first-order chi connectivity index (χ1) is 11.0. The third kappa shape index (κ3) is 2.66. The number of benzene rings is 2. The molecule has 0 amide bonds. The van der Waals surface area contributed by atoms with Gasteiger partial charge in [-0.25, -0.2) is 4.79 Å². The van der Waals surface area contributed by atoms with Crippen LogP contribution in [0, 0.1) is 0 Å². The molecule has 1 aliphatic rings. The Balaban J connectivity index is 2.01. The second kappa shape index (κ2) is 5.97. The molecule has 0 aromatic heterocycles. The smallest absolute Gasteiger partial charge is 0.338 e. The van der Waals surface area contributed by atoms with Crippen LogP contribution in [-0.2, 0) is 4.74 Å². The van der Waals surface area contributed by atoms with Crippen LogP contribution in [0.4, 0.5) is 0 Å². The maximum atomic E-state index is 12.5. The van der Waals surface area contributed by atoms with Crippen molar-refractivity contribution >= 4 is 28.6 Å². The summed E-state index contributed by atoms with van der Waals surface area (Å²) in [7, 11) is 0. The van der Waals surface area contributed by atoms with Gasteiger partial charge in [-0.3, -0.25) is 9.59 Å². The van der Waals surface area contributed by atoms with Crippen molar-refractivity contribution < 1.29 is 19.1 Å². The van der Waals surface area contributed by atoms with Crippen LogP contribution in [-0.4, -0.2) is 23.6 Å². The third-order valence-corrected chi connectivity index (χ3v) is 3.94. The first-order valence-electron chi connectivity index (χ1n) is 7.23. The second-order valence-corrected chi connectivity index (χ2v) is 5.60. The van der Waals surface area contributed by atoms with Crippen LogP contribution >= 0.6 is 11.6 Å². The minimum Gasteiger partial charge on any atom is -0.462 e. The van der Waals surface area contributed by atoms with Gasteiger partial charge in [0.25, 0.3) is 5.24 Å². The molecule has 0 saturated carbocycles. The Morgan fingerprint density at radius 1 is 0.957 bits per heavy atom. The van der Waals surface area contributed by atoms with Crippen molar-refractivity contribution in [3.63, 3.8) is 0 Å². The molecular formula is C18H13ClO4. The summed E-state index contributed by atoms with van der Waals surface area (Å²) in [6.07, 6.45) is 0.732. The molecule has 1 aliphatic carbocycles. The van der Waals surface area contributed by atoms with Crippen LogP contribution in [0.2, 0.25) is 0 Å². The summed E-state index contributed by atoms with van der Waals surface area (Å²) in [5.41, 5.74) is 2.95. The first kappa shape index (κ1) is 15.4. The highest BCUT2D eigenvalue weighted by Crippen LogP contribution is 2.37. The van der Waals surface area contributed by atoms with E-state index < -0.39 is 11.2 Å². The van der Waals surface area contributed by atoms with Gasteiger partial charge >= 0.3 is 5.97 Å². The topological polar surface area (TPSA) is 60.4 Å². The van der Waals surface area contributed by atoms with Gasteiger partial charge in [0.2, 0.25) is 0 Å². The van der Waals surface area contributed by atoms with E-state index in [1.54, 1.807) is 24.3 Å². The number of hydrogen-bond donors (Lipinski definition) is 0. The quantitative estimate of drug-likeness (QED) is 0.539. The zero-order valence-corrected chi connectivity index (χ0v) is 13.1. The Labute approximate surface area is 138 Å². The normalized spacial score (nSPS) is 11.8. The fourth-order valence-electron chi connectivity index (χ4n) is 2.61. The maximum Gasteiger partial charge on any atom is 0.338 e. The molecule has 0 bridgehead atoms. The van der Waals surface area contributed by atoms with Crippen molar-refractivity contribution in [1.82, 2.24) is 0 Å². The molecule has 2 aromatic rings. The summed E-state index contributed by atoms with van der Waals surface area (Å²) in [5, 5.41) is -0.611. The van der Waals surface area contributed by atoms with Crippen LogP contribution < -0.4 is 0 Å². The number of ether oxygens (including phenoxy) is 1. The van der Waals surface area contributed by atoms with E-state index in [1.165, 1.54) is 12.1 Å². The Hall–Kier alpha value is -2.46. The monoisotopic (exact) mass is 328 g/mol. The van der Waals surface area contributed by atoms with Crippen LogP contribution in [0.15, 0.2) is 36.4 Å². The number of halogens is 1. The first-order valence-corrected chi connectivity index (χ1v) is 7.61. The van der Waals surface area contributed by atoms with Gasteiger partial charge in [-0.2, -0.15) is 0 Å². The summed E-state index contributed by atoms with van der Waals surface area (Å²) < 4.78 is 5.09. The molecule has 0 fully saturated rings. The van der Waals surface area contributed by atoms with Crippen LogP contribution in [0.1, 0.15) is 50.0 Å². The molecule has 4 nitrogen and oxygen atoms in total. The lowest BCUT2D eigenvalue weighted by molar-refractivity contribution is 0.0505. The highest BCUT2D eigenvalue weighted by molar-refractivity contribution is 6.67. The van der Waals surface area contributed by atoms with E-state index >= 15 is 0 Å². The molecule has 0 saturated heterocycles. The van der Waals surface area contributed by atoms with Crippen LogP contribution in [0.25, 0.3) is 11.1 Å². The maximum absolute atomic E-state index is 12.5. The minimum atomic E-state index is -0.611. The minimum absolute atomic E-state index is 0.222. The lowest BCUT2D eigenvalue weighted by Crippen LogP contribution is -2.07. The van der Waals surface area contributed by atoms with Crippen molar-refractivity contribution in [1.29, 1.82) is 0 Å². The van der Waals surface area contributed by atoms with Crippen molar-refractivity contribution in [2.24, 2.45) is 0 Å². The molecule has 5 heteroatoms. The SMILES string of the molecule is CCCOC(=O)c1ccc2c(c1)C(=O)c1cc(C(=O)Cl)ccc1-2. The number of carbonyl (C=O) groups excluding carboxylic acids is 3. The number of carbonyl (C=O) groups is 3. The summed E-state index contributed by atoms with van der Waals surface area (Å²) >= 11 is 5.47. The summed E-state index contributed by atoms with van der Waals surface area (Å²) in [4.78, 5) is 35.7. The lowest BCUT2D eigenvalue weighted by Gasteiger charge is -2.05. The van der Waals surface area contributed by atoms with Gasteiger partial charge < -0.3 is 4.74 Å². The van der Waals surface area contributed by atoms with E-state index in [2.05, 4.69) is 0 Å². The second-order valence-electron chi connectivity index (χ2n) is 5.26. The Morgan fingerprint density at radius 3 is 2.09 bits per heavy atom. The standard InChI is InChI=1S/C18H13ClO4/c1-2-7-23-18(22)11-4-6-13-12-5-3-10(17(19)21)8-14(12)16(20)15(13)9-11/h3-6,8-9H,2,7H2,1H3. The number of ketones is 1. The zero-order valence-electron chi connectivity index (χ0n) is 12.4. The summed E-state index contributed by atoms with van der Waals surface area (Å²) in [6, 6.07) is 9.67. The molecule has 0 unspecified atom stereocenters. The van der Waals surface area contributed by atoms with Gasteiger partial charge in [-0.05, 0) is 53.4 Å². The van der Waals surface area contributed by atoms with E-state index in [1.807, 2.05) is 6.92 Å². The highest BCUT2D eigenvalue weighted by Gasteiger charge is 2.28. The van der Waals surface area contributed by atoms with Crippen molar-refractivity contribution in [3.8, 4) is 11.1 Å². The van der Waals surface area contributed by atoms with Gasteiger partial charge in [0.15, 0.2) is 5.78 Å². The van der Waals surface area contributed by atoms with E-state index in [4.69, 9.17) is 16.3 Å². The molecule has 0 radical (unpaired) electrons. The van der Waals surface area contributed by atoms with Crippen molar-refractivity contribution in [2.75, 3.05) is 6.61 Å². The van der Waals surface area contributed by atoms with Crippen molar-refractivity contribution in [3.05, 3.63) is 58.7 Å². The lowest BCUT2D eigenvalue weighted by atomic mass is 10.0. The Bertz CT molecular complexity index is 839. The van der Waals surface area contributed by atoms with Gasteiger partial charge in [0, 0.05) is 16.7 Å². The van der Waals surface area contributed by atoms with Crippen LogP contribution in [0.3, 0.4) is 0 Å². The van der Waals surface area contributed by atoms with E-state index in [0.717, 1.165) is 17.5 Å². The average molecular weight is 329 g/mol. The molecule has 23 heavy (non-hydrogen) atoms. The predicted octanol–water partition coefficient (Wildman–Crippen LogP) is 3.84. The molecule has 116 valence electrons. The van der Waals surface area contributed by atoms with Gasteiger partial charge in [-0.1, -0.05) is 19.1 Å². The molecule has 0 atom stereocenters. The van der Waals surface area contributed by atoms with E-state index in [-0.39, 0.29) is 11.3 Å². The van der Waals surface area contributed by atoms with Crippen molar-refractivity contribution in [2.45, 2.75) is 13.3 Å². The summed E-state index contributed by atoms with van der Waals surface area (Å²) in [5.74, 6) is -0.671. The molecule has 2 aromatic carbocycles.